The maximum absolute atomic E-state index is 10.6. The highest BCUT2D eigenvalue weighted by atomic mass is 32.2. The summed E-state index contributed by atoms with van der Waals surface area (Å²) in [6, 6.07) is 0. The van der Waals surface area contributed by atoms with Crippen molar-refractivity contribution in [2.75, 3.05) is 18.1 Å². The standard InChI is InChI=1S/C11H18O3S/c12-10(13)6-11(3-4-11)8-15-7-9-2-1-5-14-9/h9H,1-8H2,(H,12,13). The van der Waals surface area contributed by atoms with E-state index in [2.05, 4.69) is 0 Å². The number of ether oxygens (including phenoxy) is 1. The van der Waals surface area contributed by atoms with E-state index < -0.39 is 5.97 Å². The van der Waals surface area contributed by atoms with E-state index >= 15 is 0 Å². The van der Waals surface area contributed by atoms with E-state index in [9.17, 15) is 4.79 Å². The molecular weight excluding hydrogens is 212 g/mol. The third-order valence-electron chi connectivity index (χ3n) is 3.22. The fraction of sp³-hybridized carbons (Fsp3) is 0.909. The zero-order valence-corrected chi connectivity index (χ0v) is 9.72. The summed E-state index contributed by atoms with van der Waals surface area (Å²) in [4.78, 5) is 10.6. The number of thioether (sulfide) groups is 1. The molecule has 0 amide bonds. The number of hydrogen-bond donors (Lipinski definition) is 1. The highest BCUT2D eigenvalue weighted by molar-refractivity contribution is 7.99. The summed E-state index contributed by atoms with van der Waals surface area (Å²) in [6.45, 7) is 0.908. The molecule has 15 heavy (non-hydrogen) atoms. The molecule has 0 aromatic carbocycles. The van der Waals surface area contributed by atoms with Crippen LogP contribution in [0.2, 0.25) is 0 Å². The number of rotatable bonds is 6. The van der Waals surface area contributed by atoms with Gasteiger partial charge < -0.3 is 9.84 Å². The molecule has 1 heterocycles. The lowest BCUT2D eigenvalue weighted by Gasteiger charge is -2.13. The first-order valence-corrected chi connectivity index (χ1v) is 6.77. The van der Waals surface area contributed by atoms with Crippen molar-refractivity contribution in [1.29, 1.82) is 0 Å². The summed E-state index contributed by atoms with van der Waals surface area (Å²) in [5, 5.41) is 8.77. The zero-order chi connectivity index (χ0) is 10.7. The highest BCUT2D eigenvalue weighted by Gasteiger charge is 2.44. The van der Waals surface area contributed by atoms with Crippen LogP contribution in [0.1, 0.15) is 32.1 Å². The molecule has 2 rings (SSSR count). The normalized spacial score (nSPS) is 27.9. The molecule has 0 spiro atoms. The predicted octanol–water partition coefficient (Wildman–Crippen LogP) is 2.15. The van der Waals surface area contributed by atoms with Gasteiger partial charge in [-0.3, -0.25) is 4.79 Å². The summed E-state index contributed by atoms with van der Waals surface area (Å²) < 4.78 is 5.53. The van der Waals surface area contributed by atoms with Crippen LogP contribution in [0, 0.1) is 5.41 Å². The van der Waals surface area contributed by atoms with Gasteiger partial charge in [0.15, 0.2) is 0 Å². The van der Waals surface area contributed by atoms with Crippen LogP contribution in [0.4, 0.5) is 0 Å². The van der Waals surface area contributed by atoms with E-state index in [1.807, 2.05) is 11.8 Å². The Morgan fingerprint density at radius 1 is 1.53 bits per heavy atom. The van der Waals surface area contributed by atoms with Gasteiger partial charge in [-0.15, -0.1) is 0 Å². The van der Waals surface area contributed by atoms with E-state index in [1.54, 1.807) is 0 Å². The first-order chi connectivity index (χ1) is 7.20. The second kappa shape index (κ2) is 4.74. The van der Waals surface area contributed by atoms with Crippen LogP contribution in [0.25, 0.3) is 0 Å². The van der Waals surface area contributed by atoms with Crippen molar-refractivity contribution < 1.29 is 14.6 Å². The second-order valence-electron chi connectivity index (χ2n) is 4.72. The number of aliphatic carboxylic acids is 1. The number of carboxylic acids is 1. The van der Waals surface area contributed by atoms with Crippen molar-refractivity contribution in [1.82, 2.24) is 0 Å². The minimum Gasteiger partial charge on any atom is -0.481 e. The van der Waals surface area contributed by atoms with Crippen molar-refractivity contribution in [3.8, 4) is 0 Å². The molecule has 0 aromatic heterocycles. The van der Waals surface area contributed by atoms with Gasteiger partial charge in [0, 0.05) is 12.4 Å². The third-order valence-corrected chi connectivity index (χ3v) is 4.64. The quantitative estimate of drug-likeness (QED) is 0.759. The van der Waals surface area contributed by atoms with E-state index in [-0.39, 0.29) is 5.41 Å². The Labute approximate surface area is 94.6 Å². The van der Waals surface area contributed by atoms with Crippen molar-refractivity contribution >= 4 is 17.7 Å². The van der Waals surface area contributed by atoms with Crippen LogP contribution in [-0.2, 0) is 9.53 Å². The molecule has 3 nitrogen and oxygen atoms in total. The molecule has 86 valence electrons. The predicted molar refractivity (Wildman–Crippen MR) is 60.2 cm³/mol. The van der Waals surface area contributed by atoms with Crippen LogP contribution in [0.5, 0.6) is 0 Å². The summed E-state index contributed by atoms with van der Waals surface area (Å²) in [6.07, 6.45) is 5.33. The Hall–Kier alpha value is -0.220. The topological polar surface area (TPSA) is 46.5 Å². The molecule has 1 atom stereocenters. The van der Waals surface area contributed by atoms with Crippen molar-refractivity contribution in [2.24, 2.45) is 5.41 Å². The Balaban J connectivity index is 1.62. The highest BCUT2D eigenvalue weighted by Crippen LogP contribution is 2.51. The molecule has 0 bridgehead atoms. The maximum atomic E-state index is 10.6. The minimum absolute atomic E-state index is 0.134. The average molecular weight is 230 g/mol. The summed E-state index contributed by atoms with van der Waals surface area (Å²) in [5.41, 5.74) is 0.134. The minimum atomic E-state index is -0.648. The molecular formula is C11H18O3S. The maximum Gasteiger partial charge on any atom is 0.303 e. The molecule has 1 saturated carbocycles. The molecule has 4 heteroatoms. The van der Waals surface area contributed by atoms with Gasteiger partial charge in [-0.1, -0.05) is 0 Å². The molecule has 2 aliphatic rings. The van der Waals surface area contributed by atoms with Crippen LogP contribution < -0.4 is 0 Å². The van der Waals surface area contributed by atoms with E-state index in [0.29, 0.717) is 12.5 Å². The summed E-state index contributed by atoms with van der Waals surface area (Å²) in [5.74, 6) is 1.39. The zero-order valence-electron chi connectivity index (χ0n) is 8.91. The average Bonchev–Trinajstić information content (AvgIpc) is 2.74. The van der Waals surface area contributed by atoms with Crippen LogP contribution in [0.3, 0.4) is 0 Å². The largest absolute Gasteiger partial charge is 0.481 e. The number of carboxylic acid groups (broad SMARTS) is 1. The first kappa shape index (κ1) is 11.3. The number of hydrogen-bond acceptors (Lipinski definition) is 3. The van der Waals surface area contributed by atoms with Crippen LogP contribution in [-0.4, -0.2) is 35.3 Å². The first-order valence-electron chi connectivity index (χ1n) is 5.61. The van der Waals surface area contributed by atoms with Gasteiger partial charge in [0.2, 0.25) is 0 Å². The monoisotopic (exact) mass is 230 g/mol. The van der Waals surface area contributed by atoms with E-state index in [1.165, 1.54) is 12.8 Å². The van der Waals surface area contributed by atoms with Crippen LogP contribution >= 0.6 is 11.8 Å². The second-order valence-corrected chi connectivity index (χ2v) is 5.75. The SMILES string of the molecule is O=C(O)CC1(CSCC2CCCO2)CC1. The molecule has 1 N–H and O–H groups in total. The van der Waals surface area contributed by atoms with Crippen molar-refractivity contribution in [2.45, 2.75) is 38.2 Å². The molecule has 1 saturated heterocycles. The van der Waals surface area contributed by atoms with Gasteiger partial charge in [-0.25, -0.2) is 0 Å². The fourth-order valence-corrected chi connectivity index (χ4v) is 3.52. The molecule has 1 aliphatic heterocycles. The Morgan fingerprint density at radius 3 is 2.87 bits per heavy atom. The van der Waals surface area contributed by atoms with Gasteiger partial charge >= 0.3 is 5.97 Å². The van der Waals surface area contributed by atoms with Gasteiger partial charge in [0.1, 0.15) is 0 Å². The smallest absolute Gasteiger partial charge is 0.303 e. The Morgan fingerprint density at radius 2 is 2.33 bits per heavy atom. The molecule has 0 aromatic rings. The molecule has 2 fully saturated rings. The van der Waals surface area contributed by atoms with Gasteiger partial charge in [-0.05, 0) is 36.9 Å². The number of carbonyl (C=O) groups is 1. The van der Waals surface area contributed by atoms with Crippen LogP contribution in [0.15, 0.2) is 0 Å². The molecule has 1 aliphatic carbocycles. The Kier molecular flexibility index (Phi) is 3.57. The molecule has 0 radical (unpaired) electrons. The lowest BCUT2D eigenvalue weighted by atomic mass is 10.1. The van der Waals surface area contributed by atoms with Gasteiger partial charge in [-0.2, -0.15) is 11.8 Å². The Bertz CT molecular complexity index is 232. The molecule has 1 unspecified atom stereocenters. The fourth-order valence-electron chi connectivity index (χ4n) is 2.05. The summed E-state index contributed by atoms with van der Waals surface area (Å²) >= 11 is 1.87. The lowest BCUT2D eigenvalue weighted by molar-refractivity contribution is -0.138. The van der Waals surface area contributed by atoms with Gasteiger partial charge in [0.05, 0.1) is 12.5 Å². The van der Waals surface area contributed by atoms with E-state index in [0.717, 1.165) is 31.0 Å². The van der Waals surface area contributed by atoms with Gasteiger partial charge in [0.25, 0.3) is 0 Å². The summed E-state index contributed by atoms with van der Waals surface area (Å²) in [7, 11) is 0. The van der Waals surface area contributed by atoms with E-state index in [4.69, 9.17) is 9.84 Å². The lowest BCUT2D eigenvalue weighted by Crippen LogP contribution is -2.14. The third kappa shape index (κ3) is 3.38. The van der Waals surface area contributed by atoms with Crippen molar-refractivity contribution in [3.63, 3.8) is 0 Å². The van der Waals surface area contributed by atoms with Crippen molar-refractivity contribution in [3.05, 3.63) is 0 Å².